The summed E-state index contributed by atoms with van der Waals surface area (Å²) < 4.78 is 26.6. The van der Waals surface area contributed by atoms with Crippen LogP contribution in [0.3, 0.4) is 0 Å². The normalized spacial score (nSPS) is 12.2. The molecule has 1 atom stereocenters. The molecule has 0 aliphatic heterocycles. The summed E-state index contributed by atoms with van der Waals surface area (Å²) in [6.07, 6.45) is 2.66. The van der Waals surface area contributed by atoms with Gasteiger partial charge in [0.15, 0.2) is 0 Å². The maximum absolute atomic E-state index is 13.6. The fourth-order valence-electron chi connectivity index (χ4n) is 1.59. The number of aromatic nitrogens is 1. The molecule has 0 amide bonds. The van der Waals surface area contributed by atoms with Gasteiger partial charge in [0.1, 0.15) is 11.6 Å². The largest absolute Gasteiger partial charge is 0.376 e. The van der Waals surface area contributed by atoms with Crippen LogP contribution in [-0.2, 0) is 0 Å². The summed E-state index contributed by atoms with van der Waals surface area (Å²) >= 11 is 5.66. The van der Waals surface area contributed by atoms with E-state index >= 15 is 0 Å². The number of hydrogen-bond donors (Lipinski definition) is 1. The Kier molecular flexibility index (Phi) is 3.77. The zero-order valence-electron chi connectivity index (χ0n) is 9.62. The molecular formula is C13H11ClF2N2. The first kappa shape index (κ1) is 12.8. The van der Waals surface area contributed by atoms with Crippen molar-refractivity contribution in [1.82, 2.24) is 4.98 Å². The second-order valence-electron chi connectivity index (χ2n) is 3.93. The second kappa shape index (κ2) is 5.31. The molecule has 0 bridgehead atoms. The molecule has 1 heterocycles. The average molecular weight is 269 g/mol. The number of nitrogens with one attached hydrogen (secondary N) is 1. The van der Waals surface area contributed by atoms with Gasteiger partial charge < -0.3 is 5.32 Å². The van der Waals surface area contributed by atoms with Crippen molar-refractivity contribution in [2.24, 2.45) is 0 Å². The second-order valence-corrected chi connectivity index (χ2v) is 4.36. The molecule has 0 aliphatic carbocycles. The van der Waals surface area contributed by atoms with Crippen molar-refractivity contribution in [3.63, 3.8) is 0 Å². The lowest BCUT2D eigenvalue weighted by Gasteiger charge is -2.16. The third-order valence-electron chi connectivity index (χ3n) is 2.53. The summed E-state index contributed by atoms with van der Waals surface area (Å²) in [5.74, 6) is -0.864. The Morgan fingerprint density at radius 3 is 2.67 bits per heavy atom. The number of pyridine rings is 1. The lowest BCUT2D eigenvalue weighted by molar-refractivity contribution is 0.614. The first-order chi connectivity index (χ1) is 8.56. The van der Waals surface area contributed by atoms with Gasteiger partial charge >= 0.3 is 0 Å². The fraction of sp³-hybridized carbons (Fsp3) is 0.154. The standard InChI is InChI=1S/C13H11ClF2N2/c1-8(9-4-11(15)7-17-6-9)18-13-3-2-10(14)5-12(13)16/h2-8,18H,1H3. The highest BCUT2D eigenvalue weighted by atomic mass is 35.5. The van der Waals surface area contributed by atoms with Gasteiger partial charge in [-0.25, -0.2) is 8.78 Å². The number of halogens is 3. The average Bonchev–Trinajstić information content (AvgIpc) is 2.32. The van der Waals surface area contributed by atoms with E-state index in [1.165, 1.54) is 18.3 Å². The molecule has 1 aromatic heterocycles. The van der Waals surface area contributed by atoms with Crippen molar-refractivity contribution >= 4 is 17.3 Å². The van der Waals surface area contributed by atoms with Crippen LogP contribution in [-0.4, -0.2) is 4.98 Å². The van der Waals surface area contributed by atoms with E-state index in [1.54, 1.807) is 19.1 Å². The minimum absolute atomic E-state index is 0.260. The van der Waals surface area contributed by atoms with Crippen molar-refractivity contribution in [1.29, 1.82) is 0 Å². The van der Waals surface area contributed by atoms with E-state index < -0.39 is 11.6 Å². The van der Waals surface area contributed by atoms with Gasteiger partial charge in [-0.2, -0.15) is 0 Å². The summed E-state index contributed by atoms with van der Waals surface area (Å²) in [6.45, 7) is 1.80. The van der Waals surface area contributed by atoms with Crippen LogP contribution in [0, 0.1) is 11.6 Å². The molecule has 2 nitrogen and oxygen atoms in total. The predicted octanol–water partition coefficient (Wildman–Crippen LogP) is 4.19. The molecule has 2 aromatic rings. The molecule has 0 saturated heterocycles. The number of benzene rings is 1. The van der Waals surface area contributed by atoms with Crippen LogP contribution in [0.4, 0.5) is 14.5 Å². The van der Waals surface area contributed by atoms with Crippen molar-refractivity contribution in [2.75, 3.05) is 5.32 Å². The lowest BCUT2D eigenvalue weighted by atomic mass is 10.1. The topological polar surface area (TPSA) is 24.9 Å². The molecule has 1 unspecified atom stereocenters. The highest BCUT2D eigenvalue weighted by Crippen LogP contribution is 2.23. The number of rotatable bonds is 3. The van der Waals surface area contributed by atoms with E-state index in [0.29, 0.717) is 16.3 Å². The van der Waals surface area contributed by atoms with Crippen molar-refractivity contribution in [3.8, 4) is 0 Å². The van der Waals surface area contributed by atoms with E-state index in [9.17, 15) is 8.78 Å². The lowest BCUT2D eigenvalue weighted by Crippen LogP contribution is -2.08. The van der Waals surface area contributed by atoms with E-state index in [0.717, 1.165) is 6.20 Å². The zero-order valence-corrected chi connectivity index (χ0v) is 10.4. The van der Waals surface area contributed by atoms with Crippen LogP contribution in [0.5, 0.6) is 0 Å². The third kappa shape index (κ3) is 2.96. The SMILES string of the molecule is CC(Nc1ccc(Cl)cc1F)c1cncc(F)c1. The number of hydrogen-bond acceptors (Lipinski definition) is 2. The van der Waals surface area contributed by atoms with Crippen LogP contribution in [0.25, 0.3) is 0 Å². The van der Waals surface area contributed by atoms with E-state index in [2.05, 4.69) is 10.3 Å². The Bertz CT molecular complexity index is 560. The molecule has 0 saturated carbocycles. The molecule has 18 heavy (non-hydrogen) atoms. The highest BCUT2D eigenvalue weighted by molar-refractivity contribution is 6.30. The van der Waals surface area contributed by atoms with Gasteiger partial charge in [-0.15, -0.1) is 0 Å². The Hall–Kier alpha value is -1.68. The Morgan fingerprint density at radius 1 is 1.22 bits per heavy atom. The monoisotopic (exact) mass is 268 g/mol. The van der Waals surface area contributed by atoms with Crippen molar-refractivity contribution < 1.29 is 8.78 Å². The summed E-state index contributed by atoms with van der Waals surface area (Å²) in [4.78, 5) is 3.75. The highest BCUT2D eigenvalue weighted by Gasteiger charge is 2.10. The molecular weight excluding hydrogens is 258 g/mol. The fourth-order valence-corrected chi connectivity index (χ4v) is 1.75. The minimum atomic E-state index is -0.446. The molecule has 1 aromatic carbocycles. The van der Waals surface area contributed by atoms with Gasteiger partial charge in [-0.05, 0) is 36.8 Å². The molecule has 2 rings (SSSR count). The molecule has 0 spiro atoms. The van der Waals surface area contributed by atoms with Gasteiger partial charge in [0, 0.05) is 11.2 Å². The van der Waals surface area contributed by atoms with Crippen molar-refractivity contribution in [2.45, 2.75) is 13.0 Å². The summed E-state index contributed by atoms with van der Waals surface area (Å²) in [5, 5.41) is 3.27. The third-order valence-corrected chi connectivity index (χ3v) is 2.76. The summed E-state index contributed by atoms with van der Waals surface area (Å²) in [7, 11) is 0. The van der Waals surface area contributed by atoms with E-state index in [4.69, 9.17) is 11.6 Å². The van der Waals surface area contributed by atoms with Gasteiger partial charge in [0.2, 0.25) is 0 Å². The minimum Gasteiger partial charge on any atom is -0.376 e. The molecule has 0 aliphatic rings. The van der Waals surface area contributed by atoms with Crippen LogP contribution in [0.2, 0.25) is 5.02 Å². The maximum Gasteiger partial charge on any atom is 0.147 e. The Morgan fingerprint density at radius 2 is 2.00 bits per heavy atom. The van der Waals surface area contributed by atoms with Crippen LogP contribution >= 0.6 is 11.6 Å². The predicted molar refractivity (Wildman–Crippen MR) is 67.6 cm³/mol. The smallest absolute Gasteiger partial charge is 0.147 e. The summed E-state index contributed by atoms with van der Waals surface area (Å²) in [5.41, 5.74) is 0.959. The van der Waals surface area contributed by atoms with E-state index in [1.807, 2.05) is 0 Å². The molecule has 94 valence electrons. The van der Waals surface area contributed by atoms with Gasteiger partial charge in [-0.3, -0.25) is 4.98 Å². The summed E-state index contributed by atoms with van der Waals surface area (Å²) in [6, 6.07) is 5.45. The van der Waals surface area contributed by atoms with Gasteiger partial charge in [0.05, 0.1) is 17.9 Å². The van der Waals surface area contributed by atoms with Gasteiger partial charge in [-0.1, -0.05) is 11.6 Å². The maximum atomic E-state index is 13.6. The molecule has 0 radical (unpaired) electrons. The quantitative estimate of drug-likeness (QED) is 0.903. The Labute approximate surface area is 109 Å². The van der Waals surface area contributed by atoms with E-state index in [-0.39, 0.29) is 6.04 Å². The first-order valence-corrected chi connectivity index (χ1v) is 5.76. The number of anilines is 1. The first-order valence-electron chi connectivity index (χ1n) is 5.38. The van der Waals surface area contributed by atoms with Crippen LogP contribution < -0.4 is 5.32 Å². The van der Waals surface area contributed by atoms with Gasteiger partial charge in [0.25, 0.3) is 0 Å². The molecule has 0 fully saturated rings. The van der Waals surface area contributed by atoms with Crippen LogP contribution in [0.15, 0.2) is 36.7 Å². The molecule has 5 heteroatoms. The molecule has 1 N–H and O–H groups in total. The van der Waals surface area contributed by atoms with Crippen molar-refractivity contribution in [3.05, 3.63) is 58.9 Å². The Balaban J connectivity index is 2.18. The van der Waals surface area contributed by atoms with Crippen LogP contribution in [0.1, 0.15) is 18.5 Å². The zero-order chi connectivity index (χ0) is 13.1. The number of nitrogens with zero attached hydrogens (tertiary/aromatic N) is 1.